The molecule has 0 heterocycles. The monoisotopic (exact) mass is 353 g/mol. The number of methoxy groups -OCH3 is 1. The largest absolute Gasteiger partial charge is 0.383 e. The maximum atomic E-state index is 12.0. The van der Waals surface area contributed by atoms with Gasteiger partial charge in [0.15, 0.2) is 0 Å². The first-order valence-corrected chi connectivity index (χ1v) is 7.09. The summed E-state index contributed by atoms with van der Waals surface area (Å²) in [6.45, 7) is 0.433. The molecule has 0 spiro atoms. The second-order valence-corrected chi connectivity index (χ2v) is 5.37. The van der Waals surface area contributed by atoms with Crippen LogP contribution in [-0.4, -0.2) is 31.5 Å². The summed E-state index contributed by atoms with van der Waals surface area (Å²) >= 11 is 14.9. The average Bonchev–Trinajstić information content (AvgIpc) is 2.33. The molecule has 0 aromatic heterocycles. The van der Waals surface area contributed by atoms with Gasteiger partial charge >= 0.3 is 0 Å². The van der Waals surface area contributed by atoms with E-state index < -0.39 is 0 Å². The Kier molecular flexibility index (Phi) is 7.00. The molecule has 1 atom stereocenters. The fourth-order valence-corrected chi connectivity index (χ4v) is 2.13. The lowest BCUT2D eigenvalue weighted by atomic mass is 10.2. The number of nitrogens with one attached hydrogen (secondary N) is 1. The Morgan fingerprint density at radius 2 is 2.28 bits per heavy atom. The molecule has 0 aliphatic carbocycles. The molecule has 0 bridgehead atoms. The van der Waals surface area contributed by atoms with Crippen molar-refractivity contribution in [3.05, 3.63) is 33.3 Å². The number of hydrogen-bond acceptors (Lipinski definition) is 2. The van der Waals surface area contributed by atoms with Gasteiger partial charge in [-0.25, -0.2) is 0 Å². The average molecular weight is 355 g/mol. The molecule has 1 N–H and O–H groups in total. The zero-order chi connectivity index (χ0) is 13.5. The summed E-state index contributed by atoms with van der Waals surface area (Å²) in [5, 5.41) is 3.36. The van der Waals surface area contributed by atoms with Gasteiger partial charge in [-0.2, -0.15) is 0 Å². The Bertz CT molecular complexity index is 409. The molecule has 1 unspecified atom stereocenters. The molecule has 100 valence electrons. The van der Waals surface area contributed by atoms with Crippen LogP contribution in [0.2, 0.25) is 5.02 Å². The third-order valence-corrected chi connectivity index (χ3v) is 3.79. The van der Waals surface area contributed by atoms with Crippen molar-refractivity contribution in [3.63, 3.8) is 0 Å². The Morgan fingerprint density at radius 3 is 2.83 bits per heavy atom. The van der Waals surface area contributed by atoms with Crippen LogP contribution in [0, 0.1) is 0 Å². The predicted octanol–water partition coefficient (Wildman–Crippen LogP) is 3.48. The van der Waals surface area contributed by atoms with Gasteiger partial charge in [-0.05, 0) is 40.5 Å². The van der Waals surface area contributed by atoms with E-state index >= 15 is 0 Å². The second kappa shape index (κ2) is 8.00. The van der Waals surface area contributed by atoms with Gasteiger partial charge in [0, 0.05) is 23.0 Å². The summed E-state index contributed by atoms with van der Waals surface area (Å²) in [6, 6.07) is 4.97. The van der Waals surface area contributed by atoms with Gasteiger partial charge in [-0.3, -0.25) is 4.79 Å². The Labute approximate surface area is 125 Å². The SMILES string of the molecule is COCC(CCCl)NC(=O)c1ccc(Br)c(Cl)c1. The van der Waals surface area contributed by atoms with Crippen LogP contribution >= 0.6 is 39.1 Å². The molecule has 1 aromatic rings. The lowest BCUT2D eigenvalue weighted by Crippen LogP contribution is -2.38. The number of ether oxygens (including phenoxy) is 1. The third-order valence-electron chi connectivity index (χ3n) is 2.34. The van der Waals surface area contributed by atoms with E-state index in [4.69, 9.17) is 27.9 Å². The van der Waals surface area contributed by atoms with Crippen molar-refractivity contribution >= 4 is 45.0 Å². The van der Waals surface area contributed by atoms with E-state index in [1.807, 2.05) is 0 Å². The van der Waals surface area contributed by atoms with Crippen LogP contribution in [0.15, 0.2) is 22.7 Å². The minimum absolute atomic E-state index is 0.0950. The quantitative estimate of drug-likeness (QED) is 0.794. The topological polar surface area (TPSA) is 38.3 Å². The Hall–Kier alpha value is -0.290. The number of hydrogen-bond donors (Lipinski definition) is 1. The summed E-state index contributed by atoms with van der Waals surface area (Å²) in [5.41, 5.74) is 0.513. The van der Waals surface area contributed by atoms with E-state index in [9.17, 15) is 4.79 Å². The fourth-order valence-electron chi connectivity index (χ4n) is 1.44. The number of benzene rings is 1. The molecule has 0 saturated carbocycles. The summed E-state index contributed by atoms with van der Waals surface area (Å²) in [7, 11) is 1.59. The Balaban J connectivity index is 2.70. The lowest BCUT2D eigenvalue weighted by Gasteiger charge is -2.16. The number of carbonyl (C=O) groups is 1. The summed E-state index contributed by atoms with van der Waals surface area (Å²) in [4.78, 5) is 12.0. The maximum absolute atomic E-state index is 12.0. The molecule has 0 aliphatic heterocycles. The van der Waals surface area contributed by atoms with Gasteiger partial charge in [-0.1, -0.05) is 11.6 Å². The van der Waals surface area contributed by atoms with Crippen molar-refractivity contribution in [1.29, 1.82) is 0 Å². The zero-order valence-corrected chi connectivity index (χ0v) is 13.0. The van der Waals surface area contributed by atoms with Crippen molar-refractivity contribution in [2.24, 2.45) is 0 Å². The fraction of sp³-hybridized carbons (Fsp3) is 0.417. The molecule has 3 nitrogen and oxygen atoms in total. The zero-order valence-electron chi connectivity index (χ0n) is 9.88. The van der Waals surface area contributed by atoms with Crippen LogP contribution in [0.25, 0.3) is 0 Å². The predicted molar refractivity (Wildman–Crippen MR) is 77.6 cm³/mol. The van der Waals surface area contributed by atoms with Crippen molar-refractivity contribution in [2.75, 3.05) is 19.6 Å². The molecule has 1 amide bonds. The van der Waals surface area contributed by atoms with E-state index in [0.717, 1.165) is 4.47 Å². The first kappa shape index (κ1) is 15.8. The molecular formula is C12H14BrCl2NO2. The molecular weight excluding hydrogens is 341 g/mol. The minimum Gasteiger partial charge on any atom is -0.383 e. The smallest absolute Gasteiger partial charge is 0.251 e. The van der Waals surface area contributed by atoms with E-state index in [0.29, 0.717) is 29.5 Å². The highest BCUT2D eigenvalue weighted by atomic mass is 79.9. The van der Waals surface area contributed by atoms with E-state index in [1.54, 1.807) is 25.3 Å². The summed E-state index contributed by atoms with van der Waals surface area (Å²) in [5.74, 6) is 0.284. The van der Waals surface area contributed by atoms with Gasteiger partial charge in [0.05, 0.1) is 17.7 Å². The number of alkyl halides is 1. The molecule has 0 aliphatic rings. The highest BCUT2D eigenvalue weighted by Gasteiger charge is 2.14. The van der Waals surface area contributed by atoms with Crippen LogP contribution in [0.5, 0.6) is 0 Å². The van der Waals surface area contributed by atoms with Crippen molar-refractivity contribution in [3.8, 4) is 0 Å². The number of halogens is 3. The standard InChI is InChI=1S/C12H14BrCl2NO2/c1-18-7-9(4-5-14)16-12(17)8-2-3-10(13)11(15)6-8/h2-3,6,9H,4-5,7H2,1H3,(H,16,17). The normalized spacial score (nSPS) is 12.2. The van der Waals surface area contributed by atoms with Gasteiger partial charge in [-0.15, -0.1) is 11.6 Å². The third kappa shape index (κ3) is 4.76. The van der Waals surface area contributed by atoms with Gasteiger partial charge in [0.25, 0.3) is 5.91 Å². The molecule has 1 rings (SSSR count). The summed E-state index contributed by atoms with van der Waals surface area (Å²) < 4.78 is 5.79. The van der Waals surface area contributed by atoms with Gasteiger partial charge in [0.1, 0.15) is 0 Å². The lowest BCUT2D eigenvalue weighted by molar-refractivity contribution is 0.0895. The van der Waals surface area contributed by atoms with E-state index in [1.165, 1.54) is 0 Å². The van der Waals surface area contributed by atoms with Crippen molar-refractivity contribution in [1.82, 2.24) is 5.32 Å². The maximum Gasteiger partial charge on any atom is 0.251 e. The second-order valence-electron chi connectivity index (χ2n) is 3.73. The van der Waals surface area contributed by atoms with Crippen LogP contribution in [0.4, 0.5) is 0 Å². The Morgan fingerprint density at radius 1 is 1.56 bits per heavy atom. The molecule has 6 heteroatoms. The number of rotatable bonds is 6. The first-order chi connectivity index (χ1) is 8.58. The van der Waals surface area contributed by atoms with E-state index in [-0.39, 0.29) is 11.9 Å². The van der Waals surface area contributed by atoms with Crippen LogP contribution in [0.3, 0.4) is 0 Å². The van der Waals surface area contributed by atoms with Gasteiger partial charge < -0.3 is 10.1 Å². The van der Waals surface area contributed by atoms with Crippen LogP contribution in [0.1, 0.15) is 16.8 Å². The molecule has 18 heavy (non-hydrogen) atoms. The van der Waals surface area contributed by atoms with E-state index in [2.05, 4.69) is 21.2 Å². The summed E-state index contributed by atoms with van der Waals surface area (Å²) in [6.07, 6.45) is 0.658. The molecule has 0 saturated heterocycles. The number of amides is 1. The highest BCUT2D eigenvalue weighted by molar-refractivity contribution is 9.10. The molecule has 1 aromatic carbocycles. The minimum atomic E-state index is -0.184. The van der Waals surface area contributed by atoms with Crippen LogP contribution < -0.4 is 5.32 Å². The molecule has 0 radical (unpaired) electrons. The number of carbonyl (C=O) groups excluding carboxylic acids is 1. The highest BCUT2D eigenvalue weighted by Crippen LogP contribution is 2.23. The molecule has 0 fully saturated rings. The first-order valence-electron chi connectivity index (χ1n) is 5.39. The van der Waals surface area contributed by atoms with Gasteiger partial charge in [0.2, 0.25) is 0 Å². The van der Waals surface area contributed by atoms with Crippen molar-refractivity contribution in [2.45, 2.75) is 12.5 Å². The van der Waals surface area contributed by atoms with Crippen LogP contribution in [-0.2, 0) is 4.74 Å². The van der Waals surface area contributed by atoms with Crippen molar-refractivity contribution < 1.29 is 9.53 Å².